The molecule has 3 nitrogen and oxygen atoms in total. The van der Waals surface area contributed by atoms with E-state index in [2.05, 4.69) is 36.5 Å². The molecule has 0 radical (unpaired) electrons. The van der Waals surface area contributed by atoms with E-state index in [1.54, 1.807) is 0 Å². The molecule has 2 fully saturated rings. The monoisotopic (exact) mass is 289 g/mol. The van der Waals surface area contributed by atoms with Crippen molar-refractivity contribution in [2.75, 3.05) is 26.4 Å². The Hall–Kier alpha value is -0.900. The summed E-state index contributed by atoms with van der Waals surface area (Å²) in [6.07, 6.45) is 5.30. The van der Waals surface area contributed by atoms with Crippen LogP contribution in [0.25, 0.3) is 0 Å². The van der Waals surface area contributed by atoms with Gasteiger partial charge in [0.25, 0.3) is 0 Å². The third-order valence-corrected chi connectivity index (χ3v) is 4.70. The molecule has 0 amide bonds. The van der Waals surface area contributed by atoms with E-state index in [1.807, 2.05) is 0 Å². The minimum Gasteiger partial charge on any atom is -0.376 e. The van der Waals surface area contributed by atoms with Crippen molar-refractivity contribution in [2.45, 2.75) is 50.7 Å². The van der Waals surface area contributed by atoms with Gasteiger partial charge in [0.1, 0.15) is 6.10 Å². The summed E-state index contributed by atoms with van der Waals surface area (Å²) in [6, 6.07) is 9.17. The highest BCUT2D eigenvalue weighted by molar-refractivity contribution is 5.35. The molecule has 21 heavy (non-hydrogen) atoms. The van der Waals surface area contributed by atoms with Crippen LogP contribution in [-0.4, -0.2) is 32.5 Å². The summed E-state index contributed by atoms with van der Waals surface area (Å²) in [4.78, 5) is 0. The highest BCUT2D eigenvalue weighted by Crippen LogP contribution is 2.40. The van der Waals surface area contributed by atoms with Gasteiger partial charge in [0.05, 0.1) is 25.9 Å². The molecule has 1 N–H and O–H groups in total. The van der Waals surface area contributed by atoms with Gasteiger partial charge in [-0.15, -0.1) is 0 Å². The van der Waals surface area contributed by atoms with Crippen molar-refractivity contribution >= 4 is 0 Å². The lowest BCUT2D eigenvalue weighted by atomic mass is 9.76. The molecule has 3 rings (SSSR count). The fraction of sp³-hybridized carbons (Fsp3) is 0.667. The molecule has 1 heterocycles. The van der Waals surface area contributed by atoms with Crippen molar-refractivity contribution in [3.05, 3.63) is 35.4 Å². The number of nitrogens with one attached hydrogen (secondary N) is 1. The van der Waals surface area contributed by atoms with Gasteiger partial charge in [-0.05, 0) is 42.9 Å². The number of ether oxygens (including phenoxy) is 2. The Morgan fingerprint density at radius 2 is 2.10 bits per heavy atom. The normalized spacial score (nSPS) is 24.5. The van der Waals surface area contributed by atoms with Crippen LogP contribution < -0.4 is 5.32 Å². The van der Waals surface area contributed by atoms with Gasteiger partial charge >= 0.3 is 0 Å². The Bertz CT molecular complexity index is 439. The molecular weight excluding hydrogens is 262 g/mol. The maximum atomic E-state index is 5.99. The maximum Gasteiger partial charge on any atom is 0.100 e. The van der Waals surface area contributed by atoms with Crippen LogP contribution in [0.3, 0.4) is 0 Å². The minimum atomic E-state index is 0.131. The second-order valence-electron chi connectivity index (χ2n) is 6.17. The SMILES string of the molecule is CCCNC(c1ccccc1C1CCC1)C1COCCO1. The Morgan fingerprint density at radius 3 is 2.76 bits per heavy atom. The average Bonchev–Trinajstić information content (AvgIpc) is 2.48. The zero-order valence-electron chi connectivity index (χ0n) is 13.0. The van der Waals surface area contributed by atoms with Gasteiger partial charge in [0.15, 0.2) is 0 Å². The van der Waals surface area contributed by atoms with Gasteiger partial charge in [0, 0.05) is 0 Å². The van der Waals surface area contributed by atoms with Gasteiger partial charge in [-0.3, -0.25) is 0 Å². The fourth-order valence-electron chi connectivity index (χ4n) is 3.33. The van der Waals surface area contributed by atoms with E-state index in [0.717, 1.165) is 25.5 Å². The molecule has 2 unspecified atom stereocenters. The van der Waals surface area contributed by atoms with Crippen LogP contribution >= 0.6 is 0 Å². The van der Waals surface area contributed by atoms with Crippen molar-refractivity contribution in [3.8, 4) is 0 Å². The number of hydrogen-bond donors (Lipinski definition) is 1. The Morgan fingerprint density at radius 1 is 1.24 bits per heavy atom. The van der Waals surface area contributed by atoms with Crippen LogP contribution in [0.5, 0.6) is 0 Å². The largest absolute Gasteiger partial charge is 0.376 e. The first-order valence-electron chi connectivity index (χ1n) is 8.41. The predicted molar refractivity (Wildman–Crippen MR) is 84.6 cm³/mol. The van der Waals surface area contributed by atoms with Crippen molar-refractivity contribution in [1.82, 2.24) is 5.32 Å². The van der Waals surface area contributed by atoms with E-state index in [4.69, 9.17) is 9.47 Å². The van der Waals surface area contributed by atoms with Crippen molar-refractivity contribution in [2.24, 2.45) is 0 Å². The second kappa shape index (κ2) is 7.39. The topological polar surface area (TPSA) is 30.5 Å². The van der Waals surface area contributed by atoms with Crippen LogP contribution in [0.2, 0.25) is 0 Å². The molecule has 116 valence electrons. The summed E-state index contributed by atoms with van der Waals surface area (Å²) in [5.41, 5.74) is 2.94. The van der Waals surface area contributed by atoms with Crippen LogP contribution in [0.15, 0.2) is 24.3 Å². The molecule has 2 aliphatic rings. The predicted octanol–water partition coefficient (Wildman–Crippen LogP) is 3.41. The number of rotatable bonds is 6. The number of benzene rings is 1. The van der Waals surface area contributed by atoms with E-state index in [-0.39, 0.29) is 12.1 Å². The summed E-state index contributed by atoms with van der Waals surface area (Å²) < 4.78 is 11.6. The Balaban J connectivity index is 1.84. The highest BCUT2D eigenvalue weighted by Gasteiger charge is 2.30. The van der Waals surface area contributed by atoms with Gasteiger partial charge in [0.2, 0.25) is 0 Å². The maximum absolute atomic E-state index is 5.99. The van der Waals surface area contributed by atoms with E-state index in [0.29, 0.717) is 13.2 Å². The molecule has 0 spiro atoms. The summed E-state index contributed by atoms with van der Waals surface area (Å²) >= 11 is 0. The molecule has 1 aliphatic heterocycles. The Labute approximate surface area is 128 Å². The molecule has 1 aliphatic carbocycles. The molecule has 3 heteroatoms. The van der Waals surface area contributed by atoms with Crippen LogP contribution in [0, 0.1) is 0 Å². The number of hydrogen-bond acceptors (Lipinski definition) is 3. The summed E-state index contributed by atoms with van der Waals surface area (Å²) in [7, 11) is 0. The van der Waals surface area contributed by atoms with E-state index >= 15 is 0 Å². The first-order valence-corrected chi connectivity index (χ1v) is 8.41. The molecular formula is C18H27NO2. The van der Waals surface area contributed by atoms with E-state index < -0.39 is 0 Å². The van der Waals surface area contributed by atoms with Crippen molar-refractivity contribution in [1.29, 1.82) is 0 Å². The molecule has 1 saturated carbocycles. The van der Waals surface area contributed by atoms with Gasteiger partial charge in [-0.2, -0.15) is 0 Å². The second-order valence-corrected chi connectivity index (χ2v) is 6.17. The van der Waals surface area contributed by atoms with Gasteiger partial charge in [-0.25, -0.2) is 0 Å². The summed E-state index contributed by atoms with van der Waals surface area (Å²) in [6.45, 7) is 5.35. The van der Waals surface area contributed by atoms with Gasteiger partial charge in [-0.1, -0.05) is 37.6 Å². The van der Waals surface area contributed by atoms with Crippen molar-refractivity contribution in [3.63, 3.8) is 0 Å². The highest BCUT2D eigenvalue weighted by atomic mass is 16.6. The molecule has 1 saturated heterocycles. The zero-order chi connectivity index (χ0) is 14.5. The molecule has 0 aromatic heterocycles. The first kappa shape index (κ1) is 15.0. The average molecular weight is 289 g/mol. The van der Waals surface area contributed by atoms with E-state index in [1.165, 1.54) is 30.4 Å². The Kier molecular flexibility index (Phi) is 5.28. The van der Waals surface area contributed by atoms with Crippen LogP contribution in [-0.2, 0) is 9.47 Å². The lowest BCUT2D eigenvalue weighted by molar-refractivity contribution is -0.102. The quantitative estimate of drug-likeness (QED) is 0.870. The van der Waals surface area contributed by atoms with Crippen LogP contribution in [0.4, 0.5) is 0 Å². The zero-order valence-corrected chi connectivity index (χ0v) is 13.0. The molecule has 2 atom stereocenters. The van der Waals surface area contributed by atoms with E-state index in [9.17, 15) is 0 Å². The first-order chi connectivity index (χ1) is 10.4. The van der Waals surface area contributed by atoms with Crippen LogP contribution in [0.1, 0.15) is 55.7 Å². The molecule has 1 aromatic carbocycles. The summed E-state index contributed by atoms with van der Waals surface area (Å²) in [5, 5.41) is 3.69. The fourth-order valence-corrected chi connectivity index (χ4v) is 3.33. The third kappa shape index (κ3) is 3.47. The smallest absolute Gasteiger partial charge is 0.100 e. The summed E-state index contributed by atoms with van der Waals surface area (Å²) in [5.74, 6) is 0.747. The molecule has 0 bridgehead atoms. The van der Waals surface area contributed by atoms with Gasteiger partial charge < -0.3 is 14.8 Å². The lowest BCUT2D eigenvalue weighted by Crippen LogP contribution is -2.41. The standard InChI is InChI=1S/C18H27NO2/c1-2-10-19-18(17-13-20-11-12-21-17)16-9-4-3-8-15(16)14-6-5-7-14/h3-4,8-9,14,17-19H,2,5-7,10-13H2,1H3. The minimum absolute atomic E-state index is 0.131. The third-order valence-electron chi connectivity index (χ3n) is 4.70. The molecule has 1 aromatic rings. The lowest BCUT2D eigenvalue weighted by Gasteiger charge is -2.35. The van der Waals surface area contributed by atoms with Crippen molar-refractivity contribution < 1.29 is 9.47 Å².